The molecule has 1 aliphatic rings. The van der Waals surface area contributed by atoms with Gasteiger partial charge in [0.2, 0.25) is 9.84 Å². The van der Waals surface area contributed by atoms with Gasteiger partial charge in [0.15, 0.2) is 4.36 Å². The van der Waals surface area contributed by atoms with Crippen LogP contribution in [0.1, 0.15) is 19.8 Å². The van der Waals surface area contributed by atoms with E-state index in [4.69, 9.17) is 11.6 Å². The van der Waals surface area contributed by atoms with Crippen LogP contribution in [-0.2, 0) is 9.84 Å². The number of hydrogen-bond acceptors (Lipinski definition) is 3. The second-order valence-corrected chi connectivity index (χ2v) is 4.76. The van der Waals surface area contributed by atoms with Gasteiger partial charge in [-0.2, -0.15) is 0 Å². The van der Waals surface area contributed by atoms with Gasteiger partial charge in [0.05, 0.1) is 6.20 Å². The Morgan fingerprint density at radius 1 is 1.64 bits per heavy atom. The normalized spacial score (nSPS) is 21.3. The number of nitrogens with zero attached hydrogens (tertiary/aromatic N) is 1. The minimum absolute atomic E-state index is 0.166. The molecular formula is C6H8ClNO2S. The third kappa shape index (κ3) is 1.46. The van der Waals surface area contributed by atoms with E-state index < -0.39 is 9.84 Å². The van der Waals surface area contributed by atoms with E-state index in [2.05, 4.69) is 4.99 Å². The van der Waals surface area contributed by atoms with Crippen molar-refractivity contribution in [2.75, 3.05) is 0 Å². The van der Waals surface area contributed by atoms with Gasteiger partial charge in [0, 0.05) is 6.42 Å². The van der Waals surface area contributed by atoms with Gasteiger partial charge in [-0.05, 0) is 6.42 Å². The summed E-state index contributed by atoms with van der Waals surface area (Å²) < 4.78 is 22.1. The highest BCUT2D eigenvalue weighted by molar-refractivity contribution is 8.11. The van der Waals surface area contributed by atoms with Crippen molar-refractivity contribution in [3.05, 3.63) is 10.6 Å². The monoisotopic (exact) mass is 193 g/mol. The predicted molar refractivity (Wildman–Crippen MR) is 45.2 cm³/mol. The summed E-state index contributed by atoms with van der Waals surface area (Å²) in [7, 11) is -3.35. The molecule has 1 heterocycles. The summed E-state index contributed by atoms with van der Waals surface area (Å²) in [5.41, 5.74) is 0. The van der Waals surface area contributed by atoms with Crippen LogP contribution in [0.15, 0.2) is 15.6 Å². The Kier molecular flexibility index (Phi) is 2.34. The first-order valence-electron chi connectivity index (χ1n) is 3.26. The number of rotatable bonds is 2. The molecule has 0 aromatic rings. The Morgan fingerprint density at radius 2 is 2.27 bits per heavy atom. The molecule has 0 N–H and O–H groups in total. The van der Waals surface area contributed by atoms with E-state index in [0.717, 1.165) is 6.42 Å². The van der Waals surface area contributed by atoms with Crippen LogP contribution in [0.25, 0.3) is 0 Å². The van der Waals surface area contributed by atoms with E-state index >= 15 is 0 Å². The molecule has 0 saturated carbocycles. The molecule has 3 nitrogen and oxygen atoms in total. The second-order valence-electron chi connectivity index (χ2n) is 2.21. The minimum atomic E-state index is -3.35. The van der Waals surface area contributed by atoms with Crippen molar-refractivity contribution < 1.29 is 8.42 Å². The van der Waals surface area contributed by atoms with Gasteiger partial charge >= 0.3 is 0 Å². The number of sulfone groups is 1. The first-order valence-corrected chi connectivity index (χ1v) is 5.12. The van der Waals surface area contributed by atoms with E-state index in [1.165, 1.54) is 6.20 Å². The molecule has 1 rings (SSSR count). The number of hydrogen-bond donors (Lipinski definition) is 0. The van der Waals surface area contributed by atoms with Crippen LogP contribution in [0.4, 0.5) is 0 Å². The van der Waals surface area contributed by atoms with E-state index in [-0.39, 0.29) is 9.41 Å². The maximum Gasteiger partial charge on any atom is 0.232 e. The molecule has 62 valence electrons. The van der Waals surface area contributed by atoms with Gasteiger partial charge in [0.1, 0.15) is 5.04 Å². The van der Waals surface area contributed by atoms with Crippen LogP contribution >= 0.6 is 11.6 Å². The molecular weight excluding hydrogens is 186 g/mol. The fraction of sp³-hybridized carbons (Fsp3) is 0.500. The van der Waals surface area contributed by atoms with Crippen LogP contribution in [0, 0.1) is 0 Å². The van der Waals surface area contributed by atoms with Crippen molar-refractivity contribution in [3.8, 4) is 0 Å². The van der Waals surface area contributed by atoms with Crippen LogP contribution < -0.4 is 0 Å². The molecule has 0 atom stereocenters. The molecule has 0 aliphatic carbocycles. The lowest BCUT2D eigenvalue weighted by Gasteiger charge is -1.96. The van der Waals surface area contributed by atoms with E-state index in [9.17, 15) is 8.42 Å². The van der Waals surface area contributed by atoms with Gasteiger partial charge in [0.25, 0.3) is 0 Å². The molecule has 0 fully saturated rings. The van der Waals surface area contributed by atoms with E-state index in [0.29, 0.717) is 6.42 Å². The second kappa shape index (κ2) is 2.95. The Bertz CT molecular complexity index is 315. The zero-order valence-electron chi connectivity index (χ0n) is 6.04. The molecule has 11 heavy (non-hydrogen) atoms. The summed E-state index contributed by atoms with van der Waals surface area (Å²) >= 11 is 5.39. The fourth-order valence-electron chi connectivity index (χ4n) is 0.787. The van der Waals surface area contributed by atoms with Gasteiger partial charge in [-0.15, -0.1) is 0 Å². The standard InChI is InChI=1S/C6H8ClNO2S/c1-2-3-6-8-4-5(7)11(6,9)10/h4H,2-3H2,1H3. The largest absolute Gasteiger partial charge is 0.246 e. The lowest BCUT2D eigenvalue weighted by atomic mass is 10.4. The predicted octanol–water partition coefficient (Wildman–Crippen LogP) is 1.65. The van der Waals surface area contributed by atoms with Crippen LogP contribution in [0.5, 0.6) is 0 Å². The Balaban J connectivity index is 2.93. The third-order valence-corrected chi connectivity index (χ3v) is 3.60. The number of halogens is 1. The molecule has 0 aromatic heterocycles. The lowest BCUT2D eigenvalue weighted by Crippen LogP contribution is -2.10. The molecule has 0 spiro atoms. The molecule has 0 aromatic carbocycles. The van der Waals surface area contributed by atoms with Crippen molar-refractivity contribution in [2.45, 2.75) is 19.8 Å². The average molecular weight is 194 g/mol. The molecule has 0 amide bonds. The fourth-order valence-corrected chi connectivity index (χ4v) is 2.18. The minimum Gasteiger partial charge on any atom is -0.246 e. The summed E-state index contributed by atoms with van der Waals surface area (Å²) in [6.07, 6.45) is 2.41. The van der Waals surface area contributed by atoms with Crippen molar-refractivity contribution in [2.24, 2.45) is 4.99 Å². The van der Waals surface area contributed by atoms with E-state index in [1.54, 1.807) is 0 Å². The summed E-state index contributed by atoms with van der Waals surface area (Å²) in [6, 6.07) is 0. The Labute approximate surface area is 70.7 Å². The molecule has 5 heteroatoms. The maximum absolute atomic E-state index is 11.2. The zero-order chi connectivity index (χ0) is 8.48. The Morgan fingerprint density at radius 3 is 2.64 bits per heavy atom. The summed E-state index contributed by atoms with van der Waals surface area (Å²) in [6.45, 7) is 1.89. The molecule has 1 aliphatic heterocycles. The van der Waals surface area contributed by atoms with Crippen molar-refractivity contribution in [1.82, 2.24) is 0 Å². The molecule has 0 unspecified atom stereocenters. The summed E-state index contributed by atoms with van der Waals surface area (Å²) in [5.74, 6) is 0. The van der Waals surface area contributed by atoms with E-state index in [1.807, 2.05) is 6.92 Å². The van der Waals surface area contributed by atoms with Crippen molar-refractivity contribution >= 4 is 26.5 Å². The van der Waals surface area contributed by atoms with Gasteiger partial charge in [-0.25, -0.2) is 13.4 Å². The van der Waals surface area contributed by atoms with Gasteiger partial charge in [-0.1, -0.05) is 18.5 Å². The molecule has 0 saturated heterocycles. The summed E-state index contributed by atoms with van der Waals surface area (Å²) in [5, 5.41) is 0.185. The summed E-state index contributed by atoms with van der Waals surface area (Å²) in [4.78, 5) is 3.69. The van der Waals surface area contributed by atoms with Gasteiger partial charge < -0.3 is 0 Å². The zero-order valence-corrected chi connectivity index (χ0v) is 7.61. The molecule has 0 bridgehead atoms. The van der Waals surface area contributed by atoms with Gasteiger partial charge in [-0.3, -0.25) is 0 Å². The third-order valence-electron chi connectivity index (χ3n) is 1.34. The highest BCUT2D eigenvalue weighted by Crippen LogP contribution is 2.22. The first kappa shape index (κ1) is 8.74. The SMILES string of the molecule is CCCC1=NC=C(Cl)S1(=O)=O. The van der Waals surface area contributed by atoms with Crippen molar-refractivity contribution in [1.29, 1.82) is 0 Å². The topological polar surface area (TPSA) is 46.5 Å². The van der Waals surface area contributed by atoms with Crippen LogP contribution in [0.3, 0.4) is 0 Å². The smallest absolute Gasteiger partial charge is 0.232 e. The first-order chi connectivity index (χ1) is 5.09. The highest BCUT2D eigenvalue weighted by Gasteiger charge is 2.26. The van der Waals surface area contributed by atoms with Crippen molar-refractivity contribution in [3.63, 3.8) is 0 Å². The average Bonchev–Trinajstić information content (AvgIpc) is 2.16. The highest BCUT2D eigenvalue weighted by atomic mass is 35.5. The van der Waals surface area contributed by atoms with Crippen LogP contribution in [-0.4, -0.2) is 13.5 Å². The maximum atomic E-state index is 11.2. The number of aliphatic imine (C=N–C) groups is 1. The lowest BCUT2D eigenvalue weighted by molar-refractivity contribution is 0.614. The van der Waals surface area contributed by atoms with Crippen LogP contribution in [0.2, 0.25) is 0 Å². The molecule has 0 radical (unpaired) electrons. The quantitative estimate of drug-likeness (QED) is 0.670. The Hall–Kier alpha value is -0.350.